The number of rotatable bonds is 5. The van der Waals surface area contributed by atoms with Gasteiger partial charge in [0.1, 0.15) is 0 Å². The molecule has 4 nitrogen and oxygen atoms in total. The summed E-state index contributed by atoms with van der Waals surface area (Å²) in [7, 11) is 0. The smallest absolute Gasteiger partial charge is 0.253 e. The van der Waals surface area contributed by atoms with Gasteiger partial charge in [0.15, 0.2) is 0 Å². The zero-order chi connectivity index (χ0) is 14.2. The van der Waals surface area contributed by atoms with E-state index in [0.717, 1.165) is 10.5 Å². The van der Waals surface area contributed by atoms with Crippen molar-refractivity contribution >= 4 is 23.9 Å². The fraction of sp³-hybridized carbons (Fsp3) is 0.133. The van der Waals surface area contributed by atoms with E-state index in [0.29, 0.717) is 0 Å². The monoisotopic (exact) mass is 285 g/mol. The van der Waals surface area contributed by atoms with Crippen molar-refractivity contribution in [1.29, 1.82) is 0 Å². The molecule has 1 N–H and O–H groups in total. The molecule has 0 radical (unpaired) electrons. The molecule has 0 saturated heterocycles. The molecule has 1 atom stereocenters. The van der Waals surface area contributed by atoms with Gasteiger partial charge in [0.05, 0.1) is 11.5 Å². The quantitative estimate of drug-likeness (QED) is 0.522. The van der Waals surface area contributed by atoms with E-state index in [1.54, 1.807) is 18.6 Å². The van der Waals surface area contributed by atoms with Gasteiger partial charge in [-0.2, -0.15) is 5.10 Å². The summed E-state index contributed by atoms with van der Waals surface area (Å²) in [5.74, 6) is -0.121. The van der Waals surface area contributed by atoms with Crippen molar-refractivity contribution in [3.05, 3.63) is 60.4 Å². The van der Waals surface area contributed by atoms with Gasteiger partial charge in [0.2, 0.25) is 0 Å². The Bertz CT molecular complexity index is 572. The third-order valence-electron chi connectivity index (χ3n) is 2.52. The summed E-state index contributed by atoms with van der Waals surface area (Å²) in [4.78, 5) is 16.9. The van der Waals surface area contributed by atoms with Gasteiger partial charge in [-0.1, -0.05) is 18.2 Å². The summed E-state index contributed by atoms with van der Waals surface area (Å²) in [6.07, 6.45) is 4.95. The van der Waals surface area contributed by atoms with E-state index in [2.05, 4.69) is 15.5 Å². The maximum atomic E-state index is 11.9. The number of aromatic nitrogens is 1. The highest BCUT2D eigenvalue weighted by Gasteiger charge is 2.13. The highest BCUT2D eigenvalue weighted by atomic mass is 32.2. The molecule has 1 amide bonds. The Hall–Kier alpha value is -2.14. The number of amides is 1. The largest absolute Gasteiger partial charge is 0.272 e. The Morgan fingerprint density at radius 2 is 1.95 bits per heavy atom. The maximum Gasteiger partial charge on any atom is 0.253 e. The van der Waals surface area contributed by atoms with Crippen LogP contribution in [0.25, 0.3) is 0 Å². The van der Waals surface area contributed by atoms with E-state index < -0.39 is 0 Å². The van der Waals surface area contributed by atoms with Gasteiger partial charge in [-0.15, -0.1) is 11.8 Å². The van der Waals surface area contributed by atoms with Crippen molar-refractivity contribution in [3.63, 3.8) is 0 Å². The van der Waals surface area contributed by atoms with Crippen LogP contribution >= 0.6 is 11.8 Å². The maximum absolute atomic E-state index is 11.9. The first-order valence-electron chi connectivity index (χ1n) is 6.20. The second kappa shape index (κ2) is 7.45. The van der Waals surface area contributed by atoms with Gasteiger partial charge < -0.3 is 0 Å². The number of nitrogens with zero attached hydrogens (tertiary/aromatic N) is 2. The molecule has 0 spiro atoms. The van der Waals surface area contributed by atoms with E-state index in [-0.39, 0.29) is 11.2 Å². The molecule has 1 aromatic carbocycles. The van der Waals surface area contributed by atoms with Crippen molar-refractivity contribution in [1.82, 2.24) is 10.4 Å². The van der Waals surface area contributed by atoms with Crippen LogP contribution in [-0.4, -0.2) is 22.4 Å². The number of carbonyl (C=O) groups is 1. The average molecular weight is 285 g/mol. The molecule has 0 saturated carbocycles. The molecule has 1 aromatic heterocycles. The van der Waals surface area contributed by atoms with E-state index in [1.807, 2.05) is 49.4 Å². The van der Waals surface area contributed by atoms with Gasteiger partial charge in [-0.05, 0) is 36.8 Å². The molecule has 2 aromatic rings. The van der Waals surface area contributed by atoms with Crippen LogP contribution in [0.4, 0.5) is 0 Å². The molecule has 2 rings (SSSR count). The highest BCUT2D eigenvalue weighted by Crippen LogP contribution is 2.22. The summed E-state index contributed by atoms with van der Waals surface area (Å²) in [5.41, 5.74) is 3.43. The van der Waals surface area contributed by atoms with Gasteiger partial charge in [0, 0.05) is 17.3 Å². The Labute approximate surface area is 122 Å². The Morgan fingerprint density at radius 1 is 1.25 bits per heavy atom. The lowest BCUT2D eigenvalue weighted by atomic mass is 10.3. The number of pyridine rings is 1. The molecular weight excluding hydrogens is 270 g/mol. The summed E-state index contributed by atoms with van der Waals surface area (Å²) < 4.78 is 0. The minimum absolute atomic E-state index is 0.121. The molecule has 1 heterocycles. The lowest BCUT2D eigenvalue weighted by Crippen LogP contribution is -2.26. The molecule has 102 valence electrons. The number of nitrogens with one attached hydrogen (secondary N) is 1. The molecule has 20 heavy (non-hydrogen) atoms. The molecule has 5 heteroatoms. The topological polar surface area (TPSA) is 54.4 Å². The first-order valence-corrected chi connectivity index (χ1v) is 7.08. The molecule has 1 unspecified atom stereocenters. The van der Waals surface area contributed by atoms with E-state index >= 15 is 0 Å². The lowest BCUT2D eigenvalue weighted by molar-refractivity contribution is -0.120. The molecular formula is C15H15N3OS. The van der Waals surface area contributed by atoms with Gasteiger partial charge >= 0.3 is 0 Å². The van der Waals surface area contributed by atoms with Crippen molar-refractivity contribution < 1.29 is 4.79 Å². The SMILES string of the molecule is CC(Sc1ccccc1)C(=O)NN=Cc1ccncc1. The third-order valence-corrected chi connectivity index (χ3v) is 3.63. The zero-order valence-electron chi connectivity index (χ0n) is 11.1. The van der Waals surface area contributed by atoms with E-state index in [1.165, 1.54) is 11.8 Å². The second-order valence-corrected chi connectivity index (χ2v) is 5.50. The van der Waals surface area contributed by atoms with E-state index in [4.69, 9.17) is 0 Å². The molecule has 0 fully saturated rings. The number of benzene rings is 1. The van der Waals surface area contributed by atoms with Crippen molar-refractivity contribution in [2.24, 2.45) is 5.10 Å². The van der Waals surface area contributed by atoms with Crippen LogP contribution in [-0.2, 0) is 4.79 Å². The minimum Gasteiger partial charge on any atom is -0.272 e. The summed E-state index contributed by atoms with van der Waals surface area (Å²) in [5, 5.41) is 3.74. The number of hydrogen-bond donors (Lipinski definition) is 1. The standard InChI is InChI=1S/C15H15N3OS/c1-12(20-14-5-3-2-4-6-14)15(19)18-17-11-13-7-9-16-10-8-13/h2-12H,1H3,(H,18,19). The van der Waals surface area contributed by atoms with Crippen LogP contribution in [0.2, 0.25) is 0 Å². The number of thioether (sulfide) groups is 1. The first-order chi connectivity index (χ1) is 9.75. The fourth-order valence-corrected chi connectivity index (χ4v) is 2.35. The van der Waals surface area contributed by atoms with E-state index in [9.17, 15) is 4.79 Å². The zero-order valence-corrected chi connectivity index (χ0v) is 11.9. The van der Waals surface area contributed by atoms with Crippen LogP contribution in [0.3, 0.4) is 0 Å². The van der Waals surface area contributed by atoms with Crippen molar-refractivity contribution in [2.75, 3.05) is 0 Å². The first kappa shape index (κ1) is 14.3. The van der Waals surface area contributed by atoms with Crippen LogP contribution in [0.15, 0.2) is 64.9 Å². The van der Waals surface area contributed by atoms with Crippen molar-refractivity contribution in [2.45, 2.75) is 17.1 Å². The van der Waals surface area contributed by atoms with Gasteiger partial charge in [0.25, 0.3) is 5.91 Å². The number of hydrogen-bond acceptors (Lipinski definition) is 4. The van der Waals surface area contributed by atoms with Crippen LogP contribution in [0, 0.1) is 0 Å². The Kier molecular flexibility index (Phi) is 5.32. The predicted octanol–water partition coefficient (Wildman–Crippen LogP) is 2.71. The molecule has 0 aliphatic heterocycles. The molecule has 0 aliphatic carbocycles. The van der Waals surface area contributed by atoms with Crippen LogP contribution in [0.5, 0.6) is 0 Å². The molecule has 0 bridgehead atoms. The van der Waals surface area contributed by atoms with Gasteiger partial charge in [-0.25, -0.2) is 5.43 Å². The predicted molar refractivity (Wildman–Crippen MR) is 81.7 cm³/mol. The normalized spacial score (nSPS) is 12.2. The summed E-state index contributed by atoms with van der Waals surface area (Å²) in [6, 6.07) is 13.5. The Morgan fingerprint density at radius 3 is 2.65 bits per heavy atom. The second-order valence-electron chi connectivity index (χ2n) is 4.09. The van der Waals surface area contributed by atoms with Crippen LogP contribution in [0.1, 0.15) is 12.5 Å². The number of hydrazone groups is 1. The summed E-state index contributed by atoms with van der Waals surface area (Å²) in [6.45, 7) is 1.86. The van der Waals surface area contributed by atoms with Crippen molar-refractivity contribution in [3.8, 4) is 0 Å². The lowest BCUT2D eigenvalue weighted by Gasteiger charge is -2.08. The fourth-order valence-electron chi connectivity index (χ4n) is 1.47. The van der Waals surface area contributed by atoms with Crippen LogP contribution < -0.4 is 5.43 Å². The minimum atomic E-state index is -0.202. The van der Waals surface area contributed by atoms with Gasteiger partial charge in [-0.3, -0.25) is 9.78 Å². The average Bonchev–Trinajstić information content (AvgIpc) is 2.49. The third kappa shape index (κ3) is 4.51. The molecule has 0 aliphatic rings. The summed E-state index contributed by atoms with van der Waals surface area (Å²) >= 11 is 1.50. The number of carbonyl (C=O) groups excluding carboxylic acids is 1. The highest BCUT2D eigenvalue weighted by molar-refractivity contribution is 8.00. The Balaban J connectivity index is 1.84.